The molecule has 1 atom stereocenters. The fraction of sp³-hybridized carbons (Fsp3) is 0.600. The molecule has 1 unspecified atom stereocenters. The summed E-state index contributed by atoms with van der Waals surface area (Å²) in [6, 6.07) is 0. The largest absolute Gasteiger partial charge is 0.294 e. The Morgan fingerprint density at radius 1 is 2.00 bits per heavy atom. The molecule has 0 aromatic carbocycles. The lowest BCUT2D eigenvalue weighted by Gasteiger charge is -1.95. The maximum Gasteiger partial charge on any atom is 0.0982 e. The molecule has 1 aliphatic heterocycles. The van der Waals surface area contributed by atoms with Gasteiger partial charge in [-0.05, 0) is 12.5 Å². The molecular formula is C5H9NO. The Labute approximate surface area is 43.1 Å². The van der Waals surface area contributed by atoms with Crippen molar-refractivity contribution in [2.45, 2.75) is 13.0 Å². The molecule has 1 aliphatic rings. The standard InChI is InChI=1S/C5H9NO/c1-4-3-6-7-5(4)2/h5-6H,1,3H2,2H3. The Morgan fingerprint density at radius 3 is 2.86 bits per heavy atom. The molecule has 0 bridgehead atoms. The van der Waals surface area contributed by atoms with Gasteiger partial charge in [0, 0.05) is 6.54 Å². The van der Waals surface area contributed by atoms with Crippen LogP contribution in [0.15, 0.2) is 12.2 Å². The average Bonchev–Trinajstić information content (AvgIpc) is 1.91. The van der Waals surface area contributed by atoms with Crippen molar-refractivity contribution in [2.75, 3.05) is 6.54 Å². The SMILES string of the molecule is C=C1CNOC1C. The van der Waals surface area contributed by atoms with Gasteiger partial charge < -0.3 is 0 Å². The van der Waals surface area contributed by atoms with Gasteiger partial charge in [0.25, 0.3) is 0 Å². The van der Waals surface area contributed by atoms with Crippen LogP contribution in [0.2, 0.25) is 0 Å². The number of hydrogen-bond acceptors (Lipinski definition) is 2. The van der Waals surface area contributed by atoms with Crippen molar-refractivity contribution < 1.29 is 4.84 Å². The van der Waals surface area contributed by atoms with E-state index in [9.17, 15) is 0 Å². The summed E-state index contributed by atoms with van der Waals surface area (Å²) in [6.07, 6.45) is 0.208. The summed E-state index contributed by atoms with van der Waals surface area (Å²) in [4.78, 5) is 4.92. The molecule has 0 aliphatic carbocycles. The van der Waals surface area contributed by atoms with Crippen molar-refractivity contribution >= 4 is 0 Å². The van der Waals surface area contributed by atoms with E-state index in [0.29, 0.717) is 0 Å². The molecule has 0 spiro atoms. The van der Waals surface area contributed by atoms with Crippen molar-refractivity contribution in [2.24, 2.45) is 0 Å². The van der Waals surface area contributed by atoms with Crippen LogP contribution in [0.25, 0.3) is 0 Å². The first-order valence-corrected chi connectivity index (χ1v) is 2.37. The van der Waals surface area contributed by atoms with Crippen LogP contribution in [-0.4, -0.2) is 12.6 Å². The molecule has 0 saturated carbocycles. The highest BCUT2D eigenvalue weighted by Gasteiger charge is 2.12. The summed E-state index contributed by atoms with van der Waals surface area (Å²) in [5.41, 5.74) is 3.85. The van der Waals surface area contributed by atoms with E-state index in [1.165, 1.54) is 0 Å². The predicted molar refractivity (Wildman–Crippen MR) is 27.7 cm³/mol. The molecule has 1 heterocycles. The van der Waals surface area contributed by atoms with Crippen molar-refractivity contribution in [3.05, 3.63) is 12.2 Å². The topological polar surface area (TPSA) is 21.3 Å². The molecule has 1 saturated heterocycles. The van der Waals surface area contributed by atoms with E-state index in [1.54, 1.807) is 0 Å². The van der Waals surface area contributed by atoms with Gasteiger partial charge in [-0.1, -0.05) is 6.58 Å². The van der Waals surface area contributed by atoms with Crippen molar-refractivity contribution in [1.29, 1.82) is 0 Å². The third kappa shape index (κ3) is 0.813. The van der Waals surface area contributed by atoms with Crippen molar-refractivity contribution in [1.82, 2.24) is 5.48 Å². The van der Waals surface area contributed by atoms with Gasteiger partial charge in [0.05, 0.1) is 6.10 Å². The first-order chi connectivity index (χ1) is 3.30. The first kappa shape index (κ1) is 4.81. The first-order valence-electron chi connectivity index (χ1n) is 2.37. The van der Waals surface area contributed by atoms with Crippen LogP contribution in [0.4, 0.5) is 0 Å². The van der Waals surface area contributed by atoms with Crippen LogP contribution >= 0.6 is 0 Å². The molecule has 40 valence electrons. The highest BCUT2D eigenvalue weighted by Crippen LogP contribution is 2.06. The Balaban J connectivity index is 2.48. The average molecular weight is 99.1 g/mol. The van der Waals surface area contributed by atoms with E-state index in [-0.39, 0.29) is 6.10 Å². The van der Waals surface area contributed by atoms with Gasteiger partial charge in [-0.3, -0.25) is 4.84 Å². The van der Waals surface area contributed by atoms with Gasteiger partial charge in [-0.15, -0.1) is 0 Å². The fourth-order valence-electron chi connectivity index (χ4n) is 0.486. The van der Waals surface area contributed by atoms with Crippen LogP contribution in [0.3, 0.4) is 0 Å². The minimum atomic E-state index is 0.208. The Morgan fingerprint density at radius 2 is 2.71 bits per heavy atom. The van der Waals surface area contributed by atoms with E-state index < -0.39 is 0 Å². The maximum absolute atomic E-state index is 4.92. The van der Waals surface area contributed by atoms with Gasteiger partial charge in [0.1, 0.15) is 0 Å². The lowest BCUT2D eigenvalue weighted by atomic mass is 10.2. The third-order valence-electron chi connectivity index (χ3n) is 1.13. The molecule has 2 heteroatoms. The van der Waals surface area contributed by atoms with Crippen LogP contribution < -0.4 is 5.48 Å². The molecule has 0 aromatic rings. The molecule has 7 heavy (non-hydrogen) atoms. The molecule has 1 fully saturated rings. The summed E-state index contributed by atoms with van der Waals surface area (Å²) in [5.74, 6) is 0. The van der Waals surface area contributed by atoms with Crippen LogP contribution in [0.5, 0.6) is 0 Å². The summed E-state index contributed by atoms with van der Waals surface area (Å²) < 4.78 is 0. The molecule has 2 nitrogen and oxygen atoms in total. The lowest BCUT2D eigenvalue weighted by molar-refractivity contribution is 0.0526. The van der Waals surface area contributed by atoms with E-state index in [1.807, 2.05) is 6.92 Å². The smallest absolute Gasteiger partial charge is 0.0982 e. The van der Waals surface area contributed by atoms with Gasteiger partial charge in [-0.2, -0.15) is 5.48 Å². The summed E-state index contributed by atoms with van der Waals surface area (Å²) >= 11 is 0. The van der Waals surface area contributed by atoms with Crippen molar-refractivity contribution in [3.63, 3.8) is 0 Å². The quantitative estimate of drug-likeness (QED) is 0.445. The van der Waals surface area contributed by atoms with E-state index in [4.69, 9.17) is 4.84 Å². The summed E-state index contributed by atoms with van der Waals surface area (Å²) in [7, 11) is 0. The predicted octanol–water partition coefficient (Wildman–Crippen LogP) is 0.466. The monoisotopic (exact) mass is 99.1 g/mol. The lowest BCUT2D eigenvalue weighted by Crippen LogP contribution is -2.05. The highest BCUT2D eigenvalue weighted by molar-refractivity contribution is 5.04. The maximum atomic E-state index is 4.92. The Hall–Kier alpha value is -0.340. The molecular weight excluding hydrogens is 90.1 g/mol. The minimum Gasteiger partial charge on any atom is -0.294 e. The number of nitrogens with one attached hydrogen (secondary N) is 1. The number of hydroxylamine groups is 1. The zero-order valence-corrected chi connectivity index (χ0v) is 4.40. The molecule has 0 amide bonds. The highest BCUT2D eigenvalue weighted by atomic mass is 16.7. The Kier molecular flexibility index (Phi) is 1.13. The van der Waals surface area contributed by atoms with Gasteiger partial charge in [0.15, 0.2) is 0 Å². The van der Waals surface area contributed by atoms with Gasteiger partial charge in [0.2, 0.25) is 0 Å². The van der Waals surface area contributed by atoms with E-state index in [0.717, 1.165) is 12.1 Å². The molecule has 1 N–H and O–H groups in total. The normalized spacial score (nSPS) is 31.6. The molecule has 0 radical (unpaired) electrons. The minimum absolute atomic E-state index is 0.208. The zero-order chi connectivity index (χ0) is 5.28. The number of hydrogen-bond donors (Lipinski definition) is 1. The van der Waals surface area contributed by atoms with E-state index in [2.05, 4.69) is 12.1 Å². The Bertz CT molecular complexity index is 90.1. The second kappa shape index (κ2) is 1.64. The zero-order valence-electron chi connectivity index (χ0n) is 4.40. The van der Waals surface area contributed by atoms with Gasteiger partial charge >= 0.3 is 0 Å². The van der Waals surface area contributed by atoms with Crippen LogP contribution in [0, 0.1) is 0 Å². The van der Waals surface area contributed by atoms with Crippen LogP contribution in [-0.2, 0) is 4.84 Å². The number of rotatable bonds is 0. The molecule has 0 aromatic heterocycles. The van der Waals surface area contributed by atoms with Gasteiger partial charge in [-0.25, -0.2) is 0 Å². The van der Waals surface area contributed by atoms with Crippen LogP contribution in [0.1, 0.15) is 6.92 Å². The fourth-order valence-corrected chi connectivity index (χ4v) is 0.486. The second-order valence-electron chi connectivity index (χ2n) is 1.74. The van der Waals surface area contributed by atoms with E-state index >= 15 is 0 Å². The second-order valence-corrected chi connectivity index (χ2v) is 1.74. The molecule has 1 rings (SSSR count). The van der Waals surface area contributed by atoms with Crippen molar-refractivity contribution in [3.8, 4) is 0 Å². The summed E-state index contributed by atoms with van der Waals surface area (Å²) in [6.45, 7) is 6.53. The summed E-state index contributed by atoms with van der Waals surface area (Å²) in [5, 5.41) is 0. The third-order valence-corrected chi connectivity index (χ3v) is 1.13.